The molecule has 0 saturated heterocycles. The minimum Gasteiger partial charge on any atom is -0.493 e. The van der Waals surface area contributed by atoms with Gasteiger partial charge in [0.2, 0.25) is 0 Å². The van der Waals surface area contributed by atoms with Crippen molar-refractivity contribution in [1.29, 1.82) is 0 Å². The predicted octanol–water partition coefficient (Wildman–Crippen LogP) is 2.15. The first-order valence-electron chi connectivity index (χ1n) is 7.59. The van der Waals surface area contributed by atoms with E-state index in [1.54, 1.807) is 51.0 Å². The number of esters is 1. The fraction of sp³-hybridized carbons (Fsp3) is 0.333. The van der Waals surface area contributed by atoms with Crippen LogP contribution in [0.15, 0.2) is 29.1 Å². The Morgan fingerprint density at radius 1 is 1.12 bits per heavy atom. The molecule has 0 spiro atoms. The van der Waals surface area contributed by atoms with Gasteiger partial charge in [0.1, 0.15) is 5.75 Å². The Morgan fingerprint density at radius 2 is 1.83 bits per heavy atom. The molecule has 1 unspecified atom stereocenters. The quantitative estimate of drug-likeness (QED) is 0.807. The molecule has 3 rings (SSSR count). The summed E-state index contributed by atoms with van der Waals surface area (Å²) >= 11 is 0. The summed E-state index contributed by atoms with van der Waals surface area (Å²) in [4.78, 5) is 24.7. The Bertz CT molecular complexity index is 868. The second-order valence-corrected chi connectivity index (χ2v) is 5.77. The molecule has 1 aliphatic heterocycles. The smallest absolute Gasteiger partial charge is 0.312 e. The molecule has 6 nitrogen and oxygen atoms in total. The van der Waals surface area contributed by atoms with E-state index in [0.29, 0.717) is 22.8 Å². The number of aromatic nitrogens is 1. The summed E-state index contributed by atoms with van der Waals surface area (Å²) in [6.45, 7) is 1.80. The van der Waals surface area contributed by atoms with Crippen molar-refractivity contribution in [2.75, 3.05) is 14.2 Å². The standard InChI is InChI=1S/C18H19NO5/c1-10-7-15-17(18(21)19(10)2)12(9-16(20)24-15)11-5-6-13(22-3)14(8-11)23-4/h5-8,12H,9H2,1-4H3. The van der Waals surface area contributed by atoms with Gasteiger partial charge < -0.3 is 18.8 Å². The number of methoxy groups -OCH3 is 2. The molecule has 1 aliphatic rings. The van der Waals surface area contributed by atoms with Crippen LogP contribution in [-0.2, 0) is 11.8 Å². The molecule has 0 fully saturated rings. The monoisotopic (exact) mass is 329 g/mol. The number of ether oxygens (including phenoxy) is 3. The summed E-state index contributed by atoms with van der Waals surface area (Å²) in [6, 6.07) is 7.13. The molecule has 24 heavy (non-hydrogen) atoms. The van der Waals surface area contributed by atoms with Crippen LogP contribution < -0.4 is 19.8 Å². The van der Waals surface area contributed by atoms with Crippen molar-refractivity contribution in [3.05, 3.63) is 51.4 Å². The normalized spacial score (nSPS) is 16.3. The van der Waals surface area contributed by atoms with Gasteiger partial charge in [0.15, 0.2) is 11.5 Å². The highest BCUT2D eigenvalue weighted by molar-refractivity contribution is 5.77. The van der Waals surface area contributed by atoms with Gasteiger partial charge in [0.25, 0.3) is 5.56 Å². The first-order valence-corrected chi connectivity index (χ1v) is 7.59. The van der Waals surface area contributed by atoms with E-state index >= 15 is 0 Å². The number of fused-ring (bicyclic) bond motifs is 1. The van der Waals surface area contributed by atoms with Crippen LogP contribution in [0.5, 0.6) is 17.2 Å². The predicted molar refractivity (Wildman–Crippen MR) is 88.1 cm³/mol. The number of pyridine rings is 1. The molecule has 0 saturated carbocycles. The van der Waals surface area contributed by atoms with Crippen LogP contribution >= 0.6 is 0 Å². The van der Waals surface area contributed by atoms with Crippen LogP contribution in [0.4, 0.5) is 0 Å². The molecular formula is C18H19NO5. The minimum absolute atomic E-state index is 0.112. The Balaban J connectivity index is 2.19. The highest BCUT2D eigenvalue weighted by atomic mass is 16.5. The lowest BCUT2D eigenvalue weighted by Crippen LogP contribution is -2.31. The molecule has 1 aromatic carbocycles. The number of aryl methyl sites for hydroxylation is 1. The van der Waals surface area contributed by atoms with Crippen molar-refractivity contribution in [2.45, 2.75) is 19.3 Å². The van der Waals surface area contributed by atoms with Crippen molar-refractivity contribution in [1.82, 2.24) is 4.57 Å². The Morgan fingerprint density at radius 3 is 2.50 bits per heavy atom. The van der Waals surface area contributed by atoms with Crippen LogP contribution in [0.2, 0.25) is 0 Å². The van der Waals surface area contributed by atoms with E-state index < -0.39 is 0 Å². The fourth-order valence-corrected chi connectivity index (χ4v) is 3.00. The second-order valence-electron chi connectivity index (χ2n) is 5.77. The van der Waals surface area contributed by atoms with Gasteiger partial charge in [-0.2, -0.15) is 0 Å². The number of nitrogens with zero attached hydrogens (tertiary/aromatic N) is 1. The molecule has 126 valence electrons. The highest BCUT2D eigenvalue weighted by Gasteiger charge is 2.32. The maximum atomic E-state index is 12.7. The third kappa shape index (κ3) is 2.54. The van der Waals surface area contributed by atoms with E-state index in [0.717, 1.165) is 11.3 Å². The number of carbonyl (C=O) groups is 1. The molecule has 0 amide bonds. The molecule has 0 bridgehead atoms. The maximum Gasteiger partial charge on any atom is 0.312 e. The molecule has 2 aromatic rings. The molecule has 0 aliphatic carbocycles. The lowest BCUT2D eigenvalue weighted by Gasteiger charge is -2.25. The number of benzene rings is 1. The molecule has 6 heteroatoms. The van der Waals surface area contributed by atoms with Crippen molar-refractivity contribution < 1.29 is 19.0 Å². The van der Waals surface area contributed by atoms with Crippen molar-refractivity contribution in [2.24, 2.45) is 7.05 Å². The zero-order valence-electron chi connectivity index (χ0n) is 14.1. The maximum absolute atomic E-state index is 12.7. The molecular weight excluding hydrogens is 310 g/mol. The number of rotatable bonds is 3. The number of hydrogen-bond donors (Lipinski definition) is 0. The molecule has 2 heterocycles. The third-order valence-corrected chi connectivity index (χ3v) is 4.42. The van der Waals surface area contributed by atoms with E-state index in [-0.39, 0.29) is 23.9 Å². The Kier molecular flexibility index (Phi) is 4.05. The Hall–Kier alpha value is -2.76. The zero-order valence-corrected chi connectivity index (χ0v) is 14.1. The van der Waals surface area contributed by atoms with E-state index in [1.807, 2.05) is 6.07 Å². The minimum atomic E-state index is -0.375. The highest BCUT2D eigenvalue weighted by Crippen LogP contribution is 2.39. The largest absolute Gasteiger partial charge is 0.493 e. The van der Waals surface area contributed by atoms with Gasteiger partial charge in [-0.25, -0.2) is 0 Å². The number of hydrogen-bond acceptors (Lipinski definition) is 5. The van der Waals surface area contributed by atoms with Crippen molar-refractivity contribution in [3.63, 3.8) is 0 Å². The van der Waals surface area contributed by atoms with Gasteiger partial charge in [0, 0.05) is 24.7 Å². The van der Waals surface area contributed by atoms with Crippen LogP contribution in [0, 0.1) is 6.92 Å². The van der Waals surface area contributed by atoms with E-state index in [9.17, 15) is 9.59 Å². The average Bonchev–Trinajstić information content (AvgIpc) is 2.58. The summed E-state index contributed by atoms with van der Waals surface area (Å²) < 4.78 is 17.4. The summed E-state index contributed by atoms with van der Waals surface area (Å²) in [5.74, 6) is 0.762. The summed E-state index contributed by atoms with van der Waals surface area (Å²) in [6.07, 6.45) is 0.112. The summed E-state index contributed by atoms with van der Waals surface area (Å²) in [5, 5.41) is 0. The van der Waals surface area contributed by atoms with Crippen molar-refractivity contribution in [3.8, 4) is 17.2 Å². The molecule has 0 radical (unpaired) electrons. The second kappa shape index (κ2) is 6.03. The van der Waals surface area contributed by atoms with Gasteiger partial charge in [0.05, 0.1) is 26.2 Å². The topological polar surface area (TPSA) is 66.8 Å². The van der Waals surface area contributed by atoms with Crippen LogP contribution in [0.1, 0.15) is 29.2 Å². The third-order valence-electron chi connectivity index (χ3n) is 4.42. The van der Waals surface area contributed by atoms with Gasteiger partial charge in [-0.05, 0) is 24.6 Å². The van der Waals surface area contributed by atoms with Crippen LogP contribution in [0.25, 0.3) is 0 Å². The van der Waals surface area contributed by atoms with Crippen LogP contribution in [-0.4, -0.2) is 24.8 Å². The van der Waals surface area contributed by atoms with Gasteiger partial charge >= 0.3 is 5.97 Å². The number of carbonyl (C=O) groups excluding carboxylic acids is 1. The first-order chi connectivity index (χ1) is 11.5. The SMILES string of the molecule is COc1ccc(C2CC(=O)Oc3cc(C)n(C)c(=O)c32)cc1OC. The summed E-state index contributed by atoms with van der Waals surface area (Å²) in [5.41, 5.74) is 1.89. The average molecular weight is 329 g/mol. The van der Waals surface area contributed by atoms with E-state index in [1.165, 1.54) is 0 Å². The van der Waals surface area contributed by atoms with E-state index in [2.05, 4.69) is 0 Å². The molecule has 0 N–H and O–H groups in total. The lowest BCUT2D eigenvalue weighted by atomic mass is 9.86. The fourth-order valence-electron chi connectivity index (χ4n) is 3.00. The van der Waals surface area contributed by atoms with Gasteiger partial charge in [-0.1, -0.05) is 6.07 Å². The molecule has 1 aromatic heterocycles. The first kappa shape index (κ1) is 16.1. The summed E-state index contributed by atoms with van der Waals surface area (Å²) in [7, 11) is 4.82. The van der Waals surface area contributed by atoms with Gasteiger partial charge in [-0.3, -0.25) is 9.59 Å². The molecule has 1 atom stereocenters. The van der Waals surface area contributed by atoms with Crippen LogP contribution in [0.3, 0.4) is 0 Å². The zero-order chi connectivity index (χ0) is 17.4. The van der Waals surface area contributed by atoms with E-state index in [4.69, 9.17) is 14.2 Å². The lowest BCUT2D eigenvalue weighted by molar-refractivity contribution is -0.135. The Labute approximate surface area is 139 Å². The van der Waals surface area contributed by atoms with Gasteiger partial charge in [-0.15, -0.1) is 0 Å². The van der Waals surface area contributed by atoms with Crippen molar-refractivity contribution >= 4 is 5.97 Å².